The molecule has 0 heterocycles. The van der Waals surface area contributed by atoms with Crippen molar-refractivity contribution in [2.75, 3.05) is 0 Å². The predicted molar refractivity (Wildman–Crippen MR) is 48.8 cm³/mol. The third kappa shape index (κ3) is 2.34. The van der Waals surface area contributed by atoms with E-state index in [1.165, 1.54) is 12.1 Å². The van der Waals surface area contributed by atoms with Crippen LogP contribution in [0.3, 0.4) is 0 Å². The zero-order valence-electron chi connectivity index (χ0n) is 6.86. The Kier molecular flexibility index (Phi) is 3.28. The van der Waals surface area contributed by atoms with E-state index in [4.69, 9.17) is 9.66 Å². The van der Waals surface area contributed by atoms with Crippen LogP contribution in [0, 0.1) is 10.1 Å². The Labute approximate surface area is 81.6 Å². The second-order valence-corrected chi connectivity index (χ2v) is 3.48. The first-order valence-corrected chi connectivity index (χ1v) is 4.71. The molecule has 0 bridgehead atoms. The van der Waals surface area contributed by atoms with E-state index in [9.17, 15) is 14.3 Å². The van der Waals surface area contributed by atoms with Gasteiger partial charge in [0.05, 0.1) is 4.92 Å². The van der Waals surface area contributed by atoms with Crippen molar-refractivity contribution in [1.82, 2.24) is 0 Å². The van der Waals surface area contributed by atoms with E-state index in [1.807, 2.05) is 0 Å². The van der Waals surface area contributed by atoms with Gasteiger partial charge in [-0.15, -0.1) is 0 Å². The molecule has 0 saturated carbocycles. The largest absolute Gasteiger partial charge is 0.373 e. The summed E-state index contributed by atoms with van der Waals surface area (Å²) in [6.07, 6.45) is 0. The average molecular weight is 217 g/mol. The van der Waals surface area contributed by atoms with Crippen molar-refractivity contribution in [2.24, 2.45) is 0 Å². The fourth-order valence-corrected chi connectivity index (χ4v) is 1.27. The maximum Gasteiger partial charge on any atom is 0.269 e. The lowest BCUT2D eigenvalue weighted by molar-refractivity contribution is -0.384. The molecule has 2 N–H and O–H groups in total. The van der Waals surface area contributed by atoms with Crippen LogP contribution in [-0.2, 0) is 11.1 Å². The molecule has 76 valence electrons. The van der Waals surface area contributed by atoms with Crippen molar-refractivity contribution in [3.05, 3.63) is 39.9 Å². The van der Waals surface area contributed by atoms with E-state index in [0.717, 1.165) is 12.1 Å². The lowest BCUT2D eigenvalue weighted by Crippen LogP contribution is -2.03. The molecule has 0 spiro atoms. The van der Waals surface area contributed by atoms with Crippen LogP contribution < -0.4 is 0 Å². The predicted octanol–water partition coefficient (Wildman–Crippen LogP) is 0.807. The van der Waals surface area contributed by atoms with Crippen molar-refractivity contribution < 1.29 is 18.8 Å². The van der Waals surface area contributed by atoms with Crippen LogP contribution in [0.4, 0.5) is 5.69 Å². The van der Waals surface area contributed by atoms with Gasteiger partial charge >= 0.3 is 0 Å². The maximum atomic E-state index is 10.4. The van der Waals surface area contributed by atoms with Gasteiger partial charge in [0, 0.05) is 12.1 Å². The van der Waals surface area contributed by atoms with Crippen LogP contribution in [0.2, 0.25) is 0 Å². The highest BCUT2D eigenvalue weighted by Gasteiger charge is 2.14. The number of hydrogen-bond donors (Lipinski definition) is 2. The van der Waals surface area contributed by atoms with Gasteiger partial charge in [-0.25, -0.2) is 4.21 Å². The highest BCUT2D eigenvalue weighted by atomic mass is 32.2. The van der Waals surface area contributed by atoms with Crippen LogP contribution >= 0.6 is 0 Å². The number of nitro groups is 1. The minimum absolute atomic E-state index is 0.135. The van der Waals surface area contributed by atoms with E-state index in [-0.39, 0.29) is 11.3 Å². The molecular formula is C7H7NO5S. The normalized spacial score (nSPS) is 14.7. The summed E-state index contributed by atoms with van der Waals surface area (Å²) in [6, 6.07) is 4.78. The smallest absolute Gasteiger partial charge is 0.269 e. The number of rotatable bonds is 3. The summed E-state index contributed by atoms with van der Waals surface area (Å²) < 4.78 is 19.0. The van der Waals surface area contributed by atoms with Crippen LogP contribution in [0.1, 0.15) is 11.0 Å². The van der Waals surface area contributed by atoms with Gasteiger partial charge in [0.1, 0.15) is 0 Å². The van der Waals surface area contributed by atoms with Crippen LogP contribution in [0.15, 0.2) is 24.3 Å². The molecule has 7 heteroatoms. The number of benzene rings is 1. The average Bonchev–Trinajstić information content (AvgIpc) is 2.16. The zero-order valence-corrected chi connectivity index (χ0v) is 7.68. The lowest BCUT2D eigenvalue weighted by Gasteiger charge is -2.04. The second kappa shape index (κ2) is 4.27. The Morgan fingerprint density at radius 3 is 2.21 bits per heavy atom. The maximum absolute atomic E-state index is 10.4. The minimum Gasteiger partial charge on any atom is -0.373 e. The molecule has 0 saturated heterocycles. The third-order valence-electron chi connectivity index (χ3n) is 1.58. The quantitative estimate of drug-likeness (QED) is 0.443. The number of nitro benzene ring substituents is 1. The second-order valence-electron chi connectivity index (χ2n) is 2.48. The number of non-ortho nitro benzene ring substituents is 1. The van der Waals surface area contributed by atoms with Crippen molar-refractivity contribution in [2.45, 2.75) is 5.44 Å². The van der Waals surface area contributed by atoms with E-state index >= 15 is 0 Å². The van der Waals surface area contributed by atoms with Gasteiger partial charge in [-0.2, -0.15) is 0 Å². The van der Waals surface area contributed by atoms with Crippen molar-refractivity contribution in [1.29, 1.82) is 0 Å². The first kappa shape index (κ1) is 10.8. The minimum atomic E-state index is -2.39. The highest BCUT2D eigenvalue weighted by molar-refractivity contribution is 7.79. The Balaban J connectivity index is 2.94. The monoisotopic (exact) mass is 217 g/mol. The fraction of sp³-hybridized carbons (Fsp3) is 0.143. The molecule has 2 atom stereocenters. The summed E-state index contributed by atoms with van der Waals surface area (Å²) in [6.45, 7) is 0. The Bertz CT molecular complexity index is 363. The van der Waals surface area contributed by atoms with Crippen molar-refractivity contribution in [3.8, 4) is 0 Å². The summed E-state index contributed by atoms with van der Waals surface area (Å²) in [5.41, 5.74) is -1.50. The first-order valence-electron chi connectivity index (χ1n) is 3.54. The lowest BCUT2D eigenvalue weighted by atomic mass is 10.2. The van der Waals surface area contributed by atoms with Gasteiger partial charge in [-0.05, 0) is 17.7 Å². The SMILES string of the molecule is O=[N+]([O-])c1ccc(C(O)S(=O)O)cc1. The molecule has 1 rings (SSSR count). The number of nitrogens with zero attached hydrogens (tertiary/aromatic N) is 1. The summed E-state index contributed by atoms with van der Waals surface area (Å²) in [5, 5.41) is 19.4. The van der Waals surface area contributed by atoms with Gasteiger partial charge in [0.25, 0.3) is 5.69 Å². The zero-order chi connectivity index (χ0) is 10.7. The summed E-state index contributed by atoms with van der Waals surface area (Å²) in [4.78, 5) is 9.66. The number of hydrogen-bond acceptors (Lipinski definition) is 4. The van der Waals surface area contributed by atoms with E-state index in [1.54, 1.807) is 0 Å². The van der Waals surface area contributed by atoms with E-state index in [0.29, 0.717) is 0 Å². The van der Waals surface area contributed by atoms with Crippen molar-refractivity contribution >= 4 is 16.8 Å². The molecule has 0 aliphatic carbocycles. The Morgan fingerprint density at radius 2 is 1.86 bits per heavy atom. The van der Waals surface area contributed by atoms with Gasteiger partial charge < -0.3 is 9.66 Å². The molecule has 0 amide bonds. The van der Waals surface area contributed by atoms with Gasteiger partial charge in [0.2, 0.25) is 0 Å². The molecule has 1 aromatic carbocycles. The van der Waals surface area contributed by atoms with Crippen LogP contribution in [-0.4, -0.2) is 18.8 Å². The highest BCUT2D eigenvalue weighted by Crippen LogP contribution is 2.19. The third-order valence-corrected chi connectivity index (χ3v) is 2.23. The molecule has 2 unspecified atom stereocenters. The Hall–Kier alpha value is -1.31. The van der Waals surface area contributed by atoms with E-state index < -0.39 is 21.4 Å². The summed E-state index contributed by atoms with van der Waals surface area (Å²) in [7, 11) is 0. The Morgan fingerprint density at radius 1 is 1.36 bits per heavy atom. The molecule has 0 aliphatic heterocycles. The fourth-order valence-electron chi connectivity index (χ4n) is 0.877. The molecular weight excluding hydrogens is 210 g/mol. The molecule has 0 fully saturated rings. The summed E-state index contributed by atoms with van der Waals surface area (Å²) >= 11 is -2.39. The van der Waals surface area contributed by atoms with Crippen LogP contribution in [0.25, 0.3) is 0 Å². The summed E-state index contributed by atoms with van der Waals surface area (Å²) in [5.74, 6) is 0. The molecule has 0 radical (unpaired) electrons. The van der Waals surface area contributed by atoms with Gasteiger partial charge in [-0.1, -0.05) is 0 Å². The topological polar surface area (TPSA) is 101 Å². The molecule has 0 aliphatic rings. The number of aliphatic hydroxyl groups is 1. The number of aliphatic hydroxyl groups excluding tert-OH is 1. The van der Waals surface area contributed by atoms with Gasteiger partial charge in [0.15, 0.2) is 16.5 Å². The van der Waals surface area contributed by atoms with Crippen LogP contribution in [0.5, 0.6) is 0 Å². The van der Waals surface area contributed by atoms with E-state index in [2.05, 4.69) is 0 Å². The standard InChI is InChI=1S/C7H7NO5S/c9-7(14(12)13)5-1-3-6(4-2-5)8(10)11/h1-4,7,9H,(H,12,13). The molecule has 1 aromatic rings. The van der Waals surface area contributed by atoms with Gasteiger partial charge in [-0.3, -0.25) is 10.1 Å². The molecule has 14 heavy (non-hydrogen) atoms. The molecule has 6 nitrogen and oxygen atoms in total. The molecule has 0 aromatic heterocycles. The van der Waals surface area contributed by atoms with Crippen molar-refractivity contribution in [3.63, 3.8) is 0 Å². The first-order chi connectivity index (χ1) is 6.52.